The van der Waals surface area contributed by atoms with Crippen molar-refractivity contribution < 1.29 is 9.53 Å². The highest BCUT2D eigenvalue weighted by molar-refractivity contribution is 5.89. The minimum Gasteiger partial charge on any atom is -0.494 e. The molecule has 0 bridgehead atoms. The summed E-state index contributed by atoms with van der Waals surface area (Å²) in [7, 11) is 0. The van der Waals surface area contributed by atoms with E-state index in [1.165, 1.54) is 6.42 Å². The number of benzene rings is 1. The number of nitrogens with zero attached hydrogens (tertiary/aromatic N) is 1. The fraction of sp³-hybridized carbons (Fsp3) is 0.632. The molecular weight excluding hydrogens is 288 g/mol. The third-order valence-corrected chi connectivity index (χ3v) is 5.07. The van der Waals surface area contributed by atoms with E-state index in [9.17, 15) is 4.79 Å². The van der Waals surface area contributed by atoms with Crippen LogP contribution >= 0.6 is 0 Å². The third kappa shape index (κ3) is 3.09. The predicted molar refractivity (Wildman–Crippen MR) is 91.3 cm³/mol. The molecule has 1 N–H and O–H groups in total. The molecular formula is C19H28N2O2. The second-order valence-corrected chi connectivity index (χ2v) is 6.69. The highest BCUT2D eigenvalue weighted by Crippen LogP contribution is 2.39. The zero-order valence-electron chi connectivity index (χ0n) is 14.3. The molecule has 1 unspecified atom stereocenters. The molecule has 4 heteroatoms. The number of rotatable bonds is 5. The van der Waals surface area contributed by atoms with E-state index in [-0.39, 0.29) is 11.7 Å². The molecule has 3 rings (SSSR count). The van der Waals surface area contributed by atoms with E-state index in [2.05, 4.69) is 24.4 Å². The average Bonchev–Trinajstić information content (AvgIpc) is 2.83. The topological polar surface area (TPSA) is 41.6 Å². The van der Waals surface area contributed by atoms with Gasteiger partial charge in [-0.15, -0.1) is 0 Å². The zero-order valence-corrected chi connectivity index (χ0v) is 14.3. The van der Waals surface area contributed by atoms with Crippen LogP contribution in [0.15, 0.2) is 24.3 Å². The maximum Gasteiger partial charge on any atom is 0.244 e. The lowest BCUT2D eigenvalue weighted by Gasteiger charge is -2.31. The molecule has 4 nitrogen and oxygen atoms in total. The molecule has 0 aromatic heterocycles. The van der Waals surface area contributed by atoms with E-state index in [4.69, 9.17) is 4.74 Å². The van der Waals surface area contributed by atoms with Crippen molar-refractivity contribution in [2.45, 2.75) is 64.1 Å². The highest BCUT2D eigenvalue weighted by Gasteiger charge is 2.51. The van der Waals surface area contributed by atoms with Crippen molar-refractivity contribution >= 4 is 5.91 Å². The lowest BCUT2D eigenvalue weighted by Crippen LogP contribution is -2.48. The Kier molecular flexibility index (Phi) is 4.90. The van der Waals surface area contributed by atoms with Crippen LogP contribution in [0.2, 0.25) is 0 Å². The second kappa shape index (κ2) is 6.91. The van der Waals surface area contributed by atoms with Gasteiger partial charge in [-0.3, -0.25) is 10.1 Å². The van der Waals surface area contributed by atoms with Crippen molar-refractivity contribution in [3.05, 3.63) is 29.8 Å². The van der Waals surface area contributed by atoms with Crippen LogP contribution in [0, 0.1) is 0 Å². The minimum absolute atomic E-state index is 0.00349. The molecule has 23 heavy (non-hydrogen) atoms. The summed E-state index contributed by atoms with van der Waals surface area (Å²) in [6.45, 7) is 5.60. The Hall–Kier alpha value is -1.55. The Morgan fingerprint density at radius 3 is 2.48 bits per heavy atom. The molecule has 1 aromatic carbocycles. The van der Waals surface area contributed by atoms with Gasteiger partial charge in [-0.1, -0.05) is 38.3 Å². The van der Waals surface area contributed by atoms with Gasteiger partial charge in [0.15, 0.2) is 0 Å². The summed E-state index contributed by atoms with van der Waals surface area (Å²) in [5.41, 5.74) is 0.828. The first-order chi connectivity index (χ1) is 11.2. The van der Waals surface area contributed by atoms with Crippen molar-refractivity contribution in [2.75, 3.05) is 13.2 Å². The molecule has 1 amide bonds. The van der Waals surface area contributed by atoms with Gasteiger partial charge in [0, 0.05) is 6.54 Å². The summed E-state index contributed by atoms with van der Waals surface area (Å²) in [4.78, 5) is 15.1. The van der Waals surface area contributed by atoms with Crippen molar-refractivity contribution in [3.63, 3.8) is 0 Å². The van der Waals surface area contributed by atoms with Gasteiger partial charge in [0.05, 0.1) is 12.1 Å². The van der Waals surface area contributed by atoms with Crippen molar-refractivity contribution in [2.24, 2.45) is 0 Å². The number of carbonyl (C=O) groups is 1. The third-order valence-electron chi connectivity index (χ3n) is 5.07. The summed E-state index contributed by atoms with van der Waals surface area (Å²) in [5, 5.41) is 3.69. The van der Waals surface area contributed by atoms with Crippen LogP contribution in [0.1, 0.15) is 64.1 Å². The fourth-order valence-corrected chi connectivity index (χ4v) is 3.95. The van der Waals surface area contributed by atoms with Crippen molar-refractivity contribution in [3.8, 4) is 5.75 Å². The molecule has 1 aliphatic carbocycles. The molecule has 1 atom stereocenters. The van der Waals surface area contributed by atoms with E-state index in [1.54, 1.807) is 0 Å². The van der Waals surface area contributed by atoms with E-state index in [1.807, 2.05) is 24.0 Å². The van der Waals surface area contributed by atoms with E-state index < -0.39 is 0 Å². The van der Waals surface area contributed by atoms with Gasteiger partial charge < -0.3 is 9.64 Å². The smallest absolute Gasteiger partial charge is 0.244 e. The van der Waals surface area contributed by atoms with E-state index in [0.717, 1.165) is 50.0 Å². The maximum atomic E-state index is 13.1. The Morgan fingerprint density at radius 2 is 1.87 bits per heavy atom. The van der Waals surface area contributed by atoms with Gasteiger partial charge in [-0.05, 0) is 43.9 Å². The van der Waals surface area contributed by atoms with Gasteiger partial charge >= 0.3 is 0 Å². The molecule has 1 aromatic rings. The first-order valence-electron chi connectivity index (χ1n) is 9.01. The Bertz CT molecular complexity index is 535. The molecule has 2 fully saturated rings. The first-order valence-corrected chi connectivity index (χ1v) is 9.01. The van der Waals surface area contributed by atoms with E-state index >= 15 is 0 Å². The van der Waals surface area contributed by atoms with Crippen LogP contribution in [0.5, 0.6) is 5.75 Å². The van der Waals surface area contributed by atoms with Crippen molar-refractivity contribution in [1.82, 2.24) is 10.2 Å². The SMILES string of the molecule is CCCN1C(=O)C2(CCCCC2)NC1c1ccc(OCC)cc1. The average molecular weight is 316 g/mol. The molecule has 2 aliphatic rings. The molecule has 1 spiro atoms. The van der Waals surface area contributed by atoms with Crippen LogP contribution in [-0.2, 0) is 4.79 Å². The minimum atomic E-state index is -0.323. The molecule has 1 saturated heterocycles. The monoisotopic (exact) mass is 316 g/mol. The standard InChI is InChI=1S/C19H28N2O2/c1-3-14-21-17(15-8-10-16(11-9-15)23-4-2)20-19(18(21)22)12-6-5-7-13-19/h8-11,17,20H,3-7,12-14H2,1-2H3. The second-order valence-electron chi connectivity index (χ2n) is 6.69. The lowest BCUT2D eigenvalue weighted by atomic mass is 9.81. The maximum absolute atomic E-state index is 13.1. The summed E-state index contributed by atoms with van der Waals surface area (Å²) in [6.07, 6.45) is 6.47. The van der Waals surface area contributed by atoms with Gasteiger partial charge in [0.2, 0.25) is 5.91 Å². The normalized spacial score (nSPS) is 23.5. The Balaban J connectivity index is 1.85. The van der Waals surface area contributed by atoms with Gasteiger partial charge in [-0.2, -0.15) is 0 Å². The number of amides is 1. The van der Waals surface area contributed by atoms with Crippen molar-refractivity contribution in [1.29, 1.82) is 0 Å². The number of hydrogen-bond acceptors (Lipinski definition) is 3. The number of nitrogens with one attached hydrogen (secondary N) is 1. The zero-order chi connectivity index (χ0) is 16.3. The Labute approximate surface area is 139 Å². The largest absolute Gasteiger partial charge is 0.494 e. The highest BCUT2D eigenvalue weighted by atomic mass is 16.5. The molecule has 1 aliphatic heterocycles. The molecule has 1 saturated carbocycles. The quantitative estimate of drug-likeness (QED) is 0.902. The summed E-state index contributed by atoms with van der Waals surface area (Å²) >= 11 is 0. The molecule has 1 heterocycles. The number of carbonyl (C=O) groups excluding carboxylic acids is 1. The number of hydrogen-bond donors (Lipinski definition) is 1. The van der Waals surface area contributed by atoms with Crippen LogP contribution in [-0.4, -0.2) is 29.5 Å². The van der Waals surface area contributed by atoms with Gasteiger partial charge in [-0.25, -0.2) is 0 Å². The van der Waals surface area contributed by atoms with E-state index in [0.29, 0.717) is 12.5 Å². The van der Waals surface area contributed by atoms with Gasteiger partial charge in [0.1, 0.15) is 11.9 Å². The van der Waals surface area contributed by atoms with Crippen LogP contribution in [0.4, 0.5) is 0 Å². The van der Waals surface area contributed by atoms with Crippen LogP contribution < -0.4 is 10.1 Å². The van der Waals surface area contributed by atoms with Crippen LogP contribution in [0.25, 0.3) is 0 Å². The predicted octanol–water partition coefficient (Wildman–Crippen LogP) is 3.63. The molecule has 126 valence electrons. The summed E-state index contributed by atoms with van der Waals surface area (Å²) < 4.78 is 5.53. The summed E-state index contributed by atoms with van der Waals surface area (Å²) in [5.74, 6) is 1.19. The first kappa shape index (κ1) is 16.3. The van der Waals surface area contributed by atoms with Crippen LogP contribution in [0.3, 0.4) is 0 Å². The summed E-state index contributed by atoms with van der Waals surface area (Å²) in [6, 6.07) is 8.17. The molecule has 0 radical (unpaired) electrons. The fourth-order valence-electron chi connectivity index (χ4n) is 3.95. The Morgan fingerprint density at radius 1 is 1.17 bits per heavy atom. The van der Waals surface area contributed by atoms with Gasteiger partial charge in [0.25, 0.3) is 0 Å². The lowest BCUT2D eigenvalue weighted by molar-refractivity contribution is -0.134. The number of ether oxygens (including phenoxy) is 1.